The Hall–Kier alpha value is -2.61. The summed E-state index contributed by atoms with van der Waals surface area (Å²) in [5, 5.41) is 8.76. The number of methoxy groups -OCH3 is 2. The Morgan fingerprint density at radius 1 is 0.500 bits per heavy atom. The summed E-state index contributed by atoms with van der Waals surface area (Å²) < 4.78 is 21.2. The van der Waals surface area contributed by atoms with Crippen LogP contribution in [0.2, 0.25) is 0 Å². The number of aliphatic hydroxyl groups excluding tert-OH is 1. The van der Waals surface area contributed by atoms with Gasteiger partial charge in [-0.1, -0.05) is 141 Å². The van der Waals surface area contributed by atoms with Gasteiger partial charge in [0.25, 0.3) is 0 Å². The minimum Gasteiger partial charge on any atom is -0.392 e. The molecular weight excluding hydrogens is 817 g/mol. The second-order valence-corrected chi connectivity index (χ2v) is 23.1. The SMILES string of the molecule is CC(=C\C=O)/C(C)=C/CCCC(C)(C)C.CC(=C\CCCC(C)(C)C)/C(C)=C/C1OCCO1.CC(=C\CO)/C(C)=C/CCCC(C)(C)C.COC(/C=C(C)/C(C)=C/CCCC(C)(C)C)OC. The highest BCUT2D eigenvalue weighted by molar-refractivity contribution is 5.67. The smallest absolute Gasteiger partial charge is 0.177 e. The molecule has 0 bridgehead atoms. The number of hydrogen-bond acceptors (Lipinski definition) is 6. The van der Waals surface area contributed by atoms with E-state index in [1.165, 1.54) is 90.4 Å². The highest BCUT2D eigenvalue weighted by atomic mass is 16.7. The third-order valence-corrected chi connectivity index (χ3v) is 11.4. The predicted octanol–water partition coefficient (Wildman–Crippen LogP) is 17.6. The van der Waals surface area contributed by atoms with E-state index in [0.717, 1.165) is 37.5 Å². The summed E-state index contributed by atoms with van der Waals surface area (Å²) in [5.41, 5.74) is 11.6. The van der Waals surface area contributed by atoms with Crippen LogP contribution in [0.15, 0.2) is 93.2 Å². The van der Waals surface area contributed by atoms with Crippen LogP contribution in [0, 0.1) is 21.7 Å². The summed E-state index contributed by atoms with van der Waals surface area (Å²) in [6.07, 6.45) is 31.7. The van der Waals surface area contributed by atoms with Crippen LogP contribution < -0.4 is 0 Å². The fourth-order valence-electron chi connectivity index (χ4n) is 6.36. The van der Waals surface area contributed by atoms with Crippen molar-refractivity contribution in [2.45, 2.75) is 228 Å². The first kappa shape index (κ1) is 67.7. The minimum atomic E-state index is -0.247. The van der Waals surface area contributed by atoms with E-state index >= 15 is 0 Å². The lowest BCUT2D eigenvalue weighted by Gasteiger charge is -2.17. The first-order valence-corrected chi connectivity index (χ1v) is 25.2. The molecule has 0 amide bonds. The molecule has 1 saturated heterocycles. The zero-order valence-electron chi connectivity index (χ0n) is 47.4. The summed E-state index contributed by atoms with van der Waals surface area (Å²) >= 11 is 0. The number of rotatable bonds is 22. The molecule has 1 N–H and O–H groups in total. The molecule has 6 nitrogen and oxygen atoms in total. The van der Waals surface area contributed by atoms with Crippen molar-refractivity contribution in [3.63, 3.8) is 0 Å². The second-order valence-electron chi connectivity index (χ2n) is 23.1. The molecule has 0 radical (unpaired) electrons. The standard InChI is InChI=1S/C16H28O2.C16H30O2.C14H26O.C14H24O/c1-13(8-6-7-9-16(3,4)5)14(2)12-15-17-10-11-18-15;1-13(10-8-9-11-16(3,4)5)14(2)12-15(17-6)18-7;2*1-12(13(2)9-11-15)8-6-7-10-14(3,4)5/h8,12,15H,6-7,9-11H2,1-5H3;10,12,15H,8-9,11H2,1-7H3;8-9,15H,6-7,10-11H2,1-5H3;8-9,11H,6-7,10H2,1-5H3/b13-8+,14-12+;13-10+,14-12+;2*12-8+,13-9+. The molecule has 0 aromatic rings. The first-order valence-electron chi connectivity index (χ1n) is 25.2. The molecule has 0 aromatic carbocycles. The van der Waals surface area contributed by atoms with Gasteiger partial charge in [0.2, 0.25) is 0 Å². The molecular formula is C60H108O6. The van der Waals surface area contributed by atoms with E-state index < -0.39 is 0 Å². The van der Waals surface area contributed by atoms with Crippen molar-refractivity contribution in [2.24, 2.45) is 21.7 Å². The van der Waals surface area contributed by atoms with Crippen LogP contribution in [0.3, 0.4) is 0 Å². The van der Waals surface area contributed by atoms with Crippen molar-refractivity contribution in [3.05, 3.63) is 93.2 Å². The average Bonchev–Trinajstić information content (AvgIpc) is 3.72. The number of ether oxygens (including phenoxy) is 4. The van der Waals surface area contributed by atoms with Gasteiger partial charge in [0.15, 0.2) is 12.6 Å². The van der Waals surface area contributed by atoms with Crippen LogP contribution in [0.25, 0.3) is 0 Å². The molecule has 6 heteroatoms. The van der Waals surface area contributed by atoms with E-state index in [1.54, 1.807) is 20.3 Å². The number of carbonyl (C=O) groups is 1. The Bertz CT molecular complexity index is 1470. The van der Waals surface area contributed by atoms with Crippen LogP contribution >= 0.6 is 0 Å². The van der Waals surface area contributed by atoms with Gasteiger partial charge in [0.1, 0.15) is 6.29 Å². The predicted molar refractivity (Wildman–Crippen MR) is 290 cm³/mol. The molecule has 0 atom stereocenters. The van der Waals surface area contributed by atoms with Crippen molar-refractivity contribution in [2.75, 3.05) is 34.0 Å². The van der Waals surface area contributed by atoms with Crippen LogP contribution in [-0.4, -0.2) is 58.0 Å². The van der Waals surface area contributed by atoms with E-state index in [4.69, 9.17) is 24.1 Å². The third kappa shape index (κ3) is 45.2. The molecule has 1 aliphatic rings. The molecule has 384 valence electrons. The van der Waals surface area contributed by atoms with Crippen LogP contribution in [-0.2, 0) is 23.7 Å². The summed E-state index contributed by atoms with van der Waals surface area (Å²) in [5.74, 6) is 0. The molecule has 1 rings (SSSR count). The van der Waals surface area contributed by atoms with Crippen molar-refractivity contribution in [3.8, 4) is 0 Å². The zero-order chi connectivity index (χ0) is 51.6. The molecule has 66 heavy (non-hydrogen) atoms. The van der Waals surface area contributed by atoms with Gasteiger partial charge in [-0.2, -0.15) is 0 Å². The van der Waals surface area contributed by atoms with Crippen molar-refractivity contribution in [1.82, 2.24) is 0 Å². The zero-order valence-corrected chi connectivity index (χ0v) is 47.4. The van der Waals surface area contributed by atoms with E-state index in [0.29, 0.717) is 34.9 Å². The number of hydrogen-bond donors (Lipinski definition) is 1. The number of allylic oxidation sites excluding steroid dienone is 13. The van der Waals surface area contributed by atoms with Gasteiger partial charge < -0.3 is 24.1 Å². The molecule has 0 spiro atoms. The van der Waals surface area contributed by atoms with Gasteiger partial charge in [-0.25, -0.2) is 0 Å². The molecule has 0 aromatic heterocycles. The second kappa shape index (κ2) is 37.3. The molecule has 0 aliphatic carbocycles. The Balaban J connectivity index is -0.000000805. The van der Waals surface area contributed by atoms with E-state index in [-0.39, 0.29) is 19.2 Å². The van der Waals surface area contributed by atoms with Crippen molar-refractivity contribution < 1.29 is 28.8 Å². The fourth-order valence-corrected chi connectivity index (χ4v) is 6.36. The molecule has 0 saturated carbocycles. The van der Waals surface area contributed by atoms with Crippen molar-refractivity contribution in [1.29, 1.82) is 0 Å². The van der Waals surface area contributed by atoms with Gasteiger partial charge >= 0.3 is 0 Å². The lowest BCUT2D eigenvalue weighted by Crippen LogP contribution is -2.09. The Kier molecular flexibility index (Phi) is 38.2. The van der Waals surface area contributed by atoms with E-state index in [9.17, 15) is 4.79 Å². The quantitative estimate of drug-likeness (QED) is 0.0383. The van der Waals surface area contributed by atoms with E-state index in [1.807, 2.05) is 26.0 Å². The van der Waals surface area contributed by atoms with Gasteiger partial charge in [0, 0.05) is 14.2 Å². The number of carbonyl (C=O) groups excluding carboxylic acids is 1. The van der Waals surface area contributed by atoms with Crippen LogP contribution in [0.5, 0.6) is 0 Å². The third-order valence-electron chi connectivity index (χ3n) is 11.4. The maximum Gasteiger partial charge on any atom is 0.177 e. The summed E-state index contributed by atoms with van der Waals surface area (Å²) in [6, 6.07) is 0. The molecule has 0 unspecified atom stereocenters. The summed E-state index contributed by atoms with van der Waals surface area (Å²) in [7, 11) is 3.31. The van der Waals surface area contributed by atoms with Crippen LogP contribution in [0.4, 0.5) is 0 Å². The highest BCUT2D eigenvalue weighted by Crippen LogP contribution is 2.25. The number of unbranched alkanes of at least 4 members (excludes halogenated alkanes) is 4. The van der Waals surface area contributed by atoms with Crippen molar-refractivity contribution >= 4 is 6.29 Å². The first-order chi connectivity index (χ1) is 30.4. The topological polar surface area (TPSA) is 74.2 Å². The summed E-state index contributed by atoms with van der Waals surface area (Å²) in [6.45, 7) is 45.7. The molecule has 1 aliphatic heterocycles. The Morgan fingerprint density at radius 3 is 1.11 bits per heavy atom. The molecule has 1 fully saturated rings. The van der Waals surface area contributed by atoms with Crippen LogP contribution in [0.1, 0.15) is 216 Å². The maximum absolute atomic E-state index is 10.3. The monoisotopic (exact) mass is 925 g/mol. The lowest BCUT2D eigenvalue weighted by molar-refractivity contribution is -0.104. The minimum absolute atomic E-state index is 0.136. The maximum atomic E-state index is 10.3. The van der Waals surface area contributed by atoms with E-state index in [2.05, 4.69) is 155 Å². The Morgan fingerprint density at radius 2 is 0.803 bits per heavy atom. The highest BCUT2D eigenvalue weighted by Gasteiger charge is 2.14. The normalized spacial score (nSPS) is 15.8. The summed E-state index contributed by atoms with van der Waals surface area (Å²) in [4.78, 5) is 10.3. The van der Waals surface area contributed by atoms with Gasteiger partial charge in [-0.3, -0.25) is 4.79 Å². The van der Waals surface area contributed by atoms with Gasteiger partial charge in [0.05, 0.1) is 19.8 Å². The fraction of sp³-hybridized carbons (Fsp3) is 0.717. The largest absolute Gasteiger partial charge is 0.392 e. The number of aldehydes is 1. The molecule has 1 heterocycles. The van der Waals surface area contributed by atoms with Gasteiger partial charge in [-0.15, -0.1) is 0 Å². The lowest BCUT2D eigenvalue weighted by atomic mass is 9.89. The number of aliphatic hydroxyl groups is 1. The average molecular weight is 926 g/mol. The Labute approximate surface area is 410 Å². The van der Waals surface area contributed by atoms with Gasteiger partial charge in [-0.05, 0) is 189 Å².